The molecule has 0 radical (unpaired) electrons. The Morgan fingerprint density at radius 1 is 1.26 bits per heavy atom. The number of rotatable bonds is 3. The van der Waals surface area contributed by atoms with Gasteiger partial charge in [0.2, 0.25) is 5.91 Å². The second-order valence-corrected chi connectivity index (χ2v) is 6.05. The largest absolute Gasteiger partial charge is 0.352 e. The molecule has 1 atom stereocenters. The van der Waals surface area contributed by atoms with Crippen LogP contribution in [0.15, 0.2) is 35.1 Å². The number of hydrogen-bond acceptors (Lipinski definition) is 3. The van der Waals surface area contributed by atoms with Crippen LogP contribution in [0.5, 0.6) is 0 Å². The van der Waals surface area contributed by atoms with E-state index in [9.17, 15) is 9.59 Å². The topological polar surface area (TPSA) is 74.8 Å². The summed E-state index contributed by atoms with van der Waals surface area (Å²) in [6.45, 7) is 2.33. The van der Waals surface area contributed by atoms with Gasteiger partial charge in [-0.25, -0.2) is 4.98 Å². The summed E-state index contributed by atoms with van der Waals surface area (Å²) in [5.41, 5.74) is 2.63. The SMILES string of the molecule is Cc1nc2c(c(=O)[nH]1)CCC(C(=O)NCc1ccccc1)CC2. The molecule has 120 valence electrons. The molecular weight excluding hydrogens is 290 g/mol. The quantitative estimate of drug-likeness (QED) is 0.850. The lowest BCUT2D eigenvalue weighted by atomic mass is 9.98. The zero-order valence-corrected chi connectivity index (χ0v) is 13.3. The number of amides is 1. The average Bonchev–Trinajstić information content (AvgIpc) is 2.76. The van der Waals surface area contributed by atoms with Gasteiger partial charge in [0.05, 0.1) is 5.69 Å². The zero-order chi connectivity index (χ0) is 16.2. The summed E-state index contributed by atoms with van der Waals surface area (Å²) in [7, 11) is 0. The second kappa shape index (κ2) is 6.77. The molecule has 0 aliphatic heterocycles. The zero-order valence-electron chi connectivity index (χ0n) is 13.3. The van der Waals surface area contributed by atoms with Crippen molar-refractivity contribution in [1.29, 1.82) is 0 Å². The van der Waals surface area contributed by atoms with E-state index in [1.807, 2.05) is 30.3 Å². The Hall–Kier alpha value is -2.43. The first-order valence-electron chi connectivity index (χ1n) is 8.04. The molecule has 5 heteroatoms. The maximum Gasteiger partial charge on any atom is 0.254 e. The molecule has 2 N–H and O–H groups in total. The number of fused-ring (bicyclic) bond motifs is 1. The summed E-state index contributed by atoms with van der Waals surface area (Å²) in [5, 5.41) is 3.00. The van der Waals surface area contributed by atoms with Gasteiger partial charge in [-0.1, -0.05) is 30.3 Å². The van der Waals surface area contributed by atoms with Crippen molar-refractivity contribution in [3.63, 3.8) is 0 Å². The van der Waals surface area contributed by atoms with Crippen LogP contribution in [0.1, 0.15) is 35.5 Å². The number of H-pyrrole nitrogens is 1. The van der Waals surface area contributed by atoms with Crippen LogP contribution in [0.3, 0.4) is 0 Å². The number of carbonyl (C=O) groups excluding carboxylic acids is 1. The van der Waals surface area contributed by atoms with Crippen LogP contribution in [0.2, 0.25) is 0 Å². The van der Waals surface area contributed by atoms with Gasteiger partial charge in [0.15, 0.2) is 0 Å². The highest BCUT2D eigenvalue weighted by Gasteiger charge is 2.24. The van der Waals surface area contributed by atoms with Crippen LogP contribution in [0.25, 0.3) is 0 Å². The van der Waals surface area contributed by atoms with Crippen LogP contribution in [0.4, 0.5) is 0 Å². The number of aryl methyl sites for hydroxylation is 2. The van der Waals surface area contributed by atoms with E-state index in [0.29, 0.717) is 31.6 Å². The second-order valence-electron chi connectivity index (χ2n) is 6.05. The summed E-state index contributed by atoms with van der Waals surface area (Å²) in [5.74, 6) is 0.642. The van der Waals surface area contributed by atoms with Crippen molar-refractivity contribution >= 4 is 5.91 Å². The molecule has 0 bridgehead atoms. The van der Waals surface area contributed by atoms with E-state index in [0.717, 1.165) is 23.2 Å². The van der Waals surface area contributed by atoms with Gasteiger partial charge in [-0.15, -0.1) is 0 Å². The Kier molecular flexibility index (Phi) is 4.55. The lowest BCUT2D eigenvalue weighted by Crippen LogP contribution is -2.30. The molecule has 1 aliphatic rings. The molecule has 0 fully saturated rings. The van der Waals surface area contributed by atoms with Crippen molar-refractivity contribution in [2.75, 3.05) is 0 Å². The van der Waals surface area contributed by atoms with Gasteiger partial charge in [0, 0.05) is 18.0 Å². The van der Waals surface area contributed by atoms with Crippen LogP contribution in [-0.4, -0.2) is 15.9 Å². The smallest absolute Gasteiger partial charge is 0.254 e. The summed E-state index contributed by atoms with van der Waals surface area (Å²) in [4.78, 5) is 31.6. The van der Waals surface area contributed by atoms with Crippen molar-refractivity contribution < 1.29 is 4.79 Å². The number of nitrogens with one attached hydrogen (secondary N) is 2. The minimum atomic E-state index is -0.0624. The van der Waals surface area contributed by atoms with E-state index in [4.69, 9.17) is 0 Å². The molecule has 23 heavy (non-hydrogen) atoms. The van der Waals surface area contributed by atoms with Gasteiger partial charge in [0.25, 0.3) is 5.56 Å². The Balaban J connectivity index is 1.64. The van der Waals surface area contributed by atoms with E-state index in [2.05, 4.69) is 15.3 Å². The molecule has 0 spiro atoms. The van der Waals surface area contributed by atoms with E-state index >= 15 is 0 Å². The molecule has 1 amide bonds. The highest BCUT2D eigenvalue weighted by molar-refractivity contribution is 5.78. The maximum atomic E-state index is 12.4. The lowest BCUT2D eigenvalue weighted by molar-refractivity contribution is -0.125. The highest BCUT2D eigenvalue weighted by atomic mass is 16.2. The van der Waals surface area contributed by atoms with E-state index in [-0.39, 0.29) is 17.4 Å². The van der Waals surface area contributed by atoms with E-state index in [1.165, 1.54) is 0 Å². The van der Waals surface area contributed by atoms with Crippen molar-refractivity contribution in [1.82, 2.24) is 15.3 Å². The predicted molar refractivity (Wildman–Crippen MR) is 88.0 cm³/mol. The molecule has 2 aromatic rings. The van der Waals surface area contributed by atoms with Gasteiger partial charge in [-0.05, 0) is 38.2 Å². The van der Waals surface area contributed by atoms with Crippen LogP contribution in [0, 0.1) is 12.8 Å². The first-order valence-corrected chi connectivity index (χ1v) is 8.04. The normalized spacial score (nSPS) is 17.2. The molecule has 1 unspecified atom stereocenters. The number of aromatic nitrogens is 2. The van der Waals surface area contributed by atoms with Crippen LogP contribution in [-0.2, 0) is 24.2 Å². The third-order valence-corrected chi connectivity index (χ3v) is 4.37. The summed E-state index contributed by atoms with van der Waals surface area (Å²) in [6.07, 6.45) is 2.73. The van der Waals surface area contributed by atoms with Gasteiger partial charge in [-0.3, -0.25) is 9.59 Å². The maximum absolute atomic E-state index is 12.4. The van der Waals surface area contributed by atoms with Gasteiger partial charge < -0.3 is 10.3 Å². The molecule has 3 rings (SSSR count). The van der Waals surface area contributed by atoms with Crippen LogP contribution >= 0.6 is 0 Å². The monoisotopic (exact) mass is 311 g/mol. The first kappa shape index (κ1) is 15.5. The van der Waals surface area contributed by atoms with Crippen molar-refractivity contribution in [3.8, 4) is 0 Å². The Morgan fingerprint density at radius 2 is 2.00 bits per heavy atom. The van der Waals surface area contributed by atoms with Gasteiger partial charge >= 0.3 is 0 Å². The van der Waals surface area contributed by atoms with Gasteiger partial charge in [-0.2, -0.15) is 0 Å². The molecule has 0 saturated heterocycles. The molecule has 1 aliphatic carbocycles. The molecule has 1 heterocycles. The fourth-order valence-electron chi connectivity index (χ4n) is 3.10. The molecule has 5 nitrogen and oxygen atoms in total. The minimum absolute atomic E-state index is 0.0576. The average molecular weight is 311 g/mol. The highest BCUT2D eigenvalue weighted by Crippen LogP contribution is 2.21. The van der Waals surface area contributed by atoms with Crippen molar-refractivity contribution in [2.24, 2.45) is 5.92 Å². The Bertz CT molecular complexity index is 753. The third kappa shape index (κ3) is 3.67. The number of benzene rings is 1. The fourth-order valence-corrected chi connectivity index (χ4v) is 3.10. The van der Waals surface area contributed by atoms with Crippen molar-refractivity contribution in [2.45, 2.75) is 39.2 Å². The van der Waals surface area contributed by atoms with Crippen molar-refractivity contribution in [3.05, 3.63) is 63.3 Å². The number of aromatic amines is 1. The lowest BCUT2D eigenvalue weighted by Gasteiger charge is -2.14. The van der Waals surface area contributed by atoms with Gasteiger partial charge in [0.1, 0.15) is 5.82 Å². The van der Waals surface area contributed by atoms with E-state index in [1.54, 1.807) is 6.92 Å². The first-order chi connectivity index (χ1) is 11.1. The standard InChI is InChI=1S/C18H21N3O2/c1-12-20-16-10-8-14(7-9-15(16)18(23)21-12)17(22)19-11-13-5-3-2-4-6-13/h2-6,14H,7-11H2,1H3,(H,19,22)(H,20,21,23). The summed E-state index contributed by atoms with van der Waals surface area (Å²) >= 11 is 0. The number of hydrogen-bond donors (Lipinski definition) is 2. The number of carbonyl (C=O) groups is 1. The summed E-state index contributed by atoms with van der Waals surface area (Å²) in [6, 6.07) is 9.87. The Morgan fingerprint density at radius 3 is 2.78 bits per heavy atom. The van der Waals surface area contributed by atoms with Crippen LogP contribution < -0.4 is 10.9 Å². The summed E-state index contributed by atoms with van der Waals surface area (Å²) < 4.78 is 0. The molecule has 1 aromatic heterocycles. The predicted octanol–water partition coefficient (Wildman–Crippen LogP) is 1.89. The number of nitrogens with zero attached hydrogens (tertiary/aromatic N) is 1. The van der Waals surface area contributed by atoms with E-state index < -0.39 is 0 Å². The molecule has 1 aromatic carbocycles. The Labute approximate surface area is 135 Å². The molecule has 0 saturated carbocycles. The molecular formula is C18H21N3O2. The fraction of sp³-hybridized carbons (Fsp3) is 0.389. The minimum Gasteiger partial charge on any atom is -0.352 e. The third-order valence-electron chi connectivity index (χ3n) is 4.37.